The number of rotatable bonds is 6. The summed E-state index contributed by atoms with van der Waals surface area (Å²) in [4.78, 5) is 4.91. The molecule has 3 rings (SSSR count). The highest BCUT2D eigenvalue weighted by atomic mass is 16.5. The van der Waals surface area contributed by atoms with Crippen LogP contribution in [0.15, 0.2) is 24.3 Å². The van der Waals surface area contributed by atoms with Gasteiger partial charge in [0.2, 0.25) is 0 Å². The van der Waals surface area contributed by atoms with E-state index in [-0.39, 0.29) is 0 Å². The molecule has 1 aromatic rings. The van der Waals surface area contributed by atoms with Crippen molar-refractivity contribution in [3.05, 3.63) is 24.3 Å². The third-order valence-electron chi connectivity index (χ3n) is 4.26. The van der Waals surface area contributed by atoms with Gasteiger partial charge in [0.15, 0.2) is 0 Å². The lowest BCUT2D eigenvalue weighted by molar-refractivity contribution is 0.0446. The van der Waals surface area contributed by atoms with Crippen molar-refractivity contribution in [3.63, 3.8) is 0 Å². The minimum Gasteiger partial charge on any atom is -0.491 e. The normalized spacial score (nSPS) is 22.1. The maximum Gasteiger partial charge on any atom is 0.119 e. The lowest BCUT2D eigenvalue weighted by Gasteiger charge is -2.35. The molecule has 2 aliphatic rings. The summed E-state index contributed by atoms with van der Waals surface area (Å²) in [6, 6.07) is 8.12. The van der Waals surface area contributed by atoms with Crippen molar-refractivity contribution in [2.24, 2.45) is 0 Å². The molecule has 1 saturated heterocycles. The lowest BCUT2D eigenvalue weighted by Crippen LogP contribution is -2.49. The minimum absolute atomic E-state index is 0.326. The number of β-amino-alcohol motifs (C(OH)–C–C–N with tert-alkyl or cyclic N) is 1. The van der Waals surface area contributed by atoms with Crippen LogP contribution >= 0.6 is 0 Å². The molecule has 1 aromatic carbocycles. The van der Waals surface area contributed by atoms with Crippen LogP contribution in [0.1, 0.15) is 12.8 Å². The fourth-order valence-electron chi connectivity index (χ4n) is 2.86. The molecular formula is C16H25N3O2. The Labute approximate surface area is 126 Å². The highest BCUT2D eigenvalue weighted by Crippen LogP contribution is 2.27. The second-order valence-electron chi connectivity index (χ2n) is 6.10. The van der Waals surface area contributed by atoms with E-state index in [2.05, 4.69) is 9.80 Å². The molecular weight excluding hydrogens is 266 g/mol. The van der Waals surface area contributed by atoms with E-state index < -0.39 is 6.10 Å². The average molecular weight is 291 g/mol. The average Bonchev–Trinajstić information content (AvgIpc) is 3.32. The zero-order valence-corrected chi connectivity index (χ0v) is 12.4. The Balaban J connectivity index is 1.36. The van der Waals surface area contributed by atoms with E-state index in [0.717, 1.165) is 43.7 Å². The highest BCUT2D eigenvalue weighted by Gasteiger charge is 2.31. The molecule has 116 valence electrons. The first-order chi connectivity index (χ1) is 10.2. The number of piperazine rings is 1. The standard InChI is InChI=1S/C16H25N3O2/c17-13-1-5-16(6-2-13)21-12-15(20)11-18-7-9-19(10-8-18)14-3-4-14/h1-2,5-6,14-15,20H,3-4,7-12,17H2. The maximum absolute atomic E-state index is 10.1. The molecule has 0 bridgehead atoms. The third kappa shape index (κ3) is 4.33. The lowest BCUT2D eigenvalue weighted by atomic mass is 10.2. The molecule has 0 spiro atoms. The third-order valence-corrected chi connectivity index (χ3v) is 4.26. The molecule has 2 fully saturated rings. The molecule has 1 unspecified atom stereocenters. The van der Waals surface area contributed by atoms with Gasteiger partial charge in [0.25, 0.3) is 0 Å². The monoisotopic (exact) mass is 291 g/mol. The van der Waals surface area contributed by atoms with Crippen LogP contribution in [0, 0.1) is 0 Å². The Morgan fingerprint density at radius 2 is 1.81 bits per heavy atom. The predicted octanol–water partition coefficient (Wildman–Crippen LogP) is 0.788. The van der Waals surface area contributed by atoms with Gasteiger partial charge < -0.3 is 15.6 Å². The van der Waals surface area contributed by atoms with Gasteiger partial charge in [-0.05, 0) is 37.1 Å². The Bertz CT molecular complexity index is 439. The van der Waals surface area contributed by atoms with Gasteiger partial charge in [-0.15, -0.1) is 0 Å². The first-order valence-electron chi connectivity index (χ1n) is 7.83. The van der Waals surface area contributed by atoms with Gasteiger partial charge in [-0.25, -0.2) is 0 Å². The summed E-state index contributed by atoms with van der Waals surface area (Å²) in [6.45, 7) is 5.39. The summed E-state index contributed by atoms with van der Waals surface area (Å²) in [7, 11) is 0. The maximum atomic E-state index is 10.1. The van der Waals surface area contributed by atoms with E-state index >= 15 is 0 Å². The van der Waals surface area contributed by atoms with Gasteiger partial charge in [0.1, 0.15) is 18.5 Å². The van der Waals surface area contributed by atoms with E-state index in [9.17, 15) is 5.11 Å². The second-order valence-corrected chi connectivity index (χ2v) is 6.10. The van der Waals surface area contributed by atoms with Crippen molar-refractivity contribution in [2.75, 3.05) is 45.1 Å². The summed E-state index contributed by atoms with van der Waals surface area (Å²) in [6.07, 6.45) is 2.30. The van der Waals surface area contributed by atoms with Gasteiger partial charge >= 0.3 is 0 Å². The van der Waals surface area contributed by atoms with Gasteiger partial charge in [-0.3, -0.25) is 9.80 Å². The molecule has 1 aliphatic carbocycles. The van der Waals surface area contributed by atoms with Gasteiger partial charge in [-0.1, -0.05) is 0 Å². The van der Waals surface area contributed by atoms with Crippen molar-refractivity contribution in [1.82, 2.24) is 9.80 Å². The summed E-state index contributed by atoms with van der Waals surface area (Å²) in [5.74, 6) is 0.752. The Kier molecular flexibility index (Phi) is 4.63. The predicted molar refractivity (Wildman–Crippen MR) is 83.4 cm³/mol. The van der Waals surface area contributed by atoms with Crippen LogP contribution in [0.3, 0.4) is 0 Å². The molecule has 0 aromatic heterocycles. The van der Waals surface area contributed by atoms with E-state index in [1.54, 1.807) is 12.1 Å². The van der Waals surface area contributed by atoms with Crippen LogP contribution in [0.25, 0.3) is 0 Å². The quantitative estimate of drug-likeness (QED) is 0.759. The molecule has 1 saturated carbocycles. The second kappa shape index (κ2) is 6.64. The van der Waals surface area contributed by atoms with E-state index in [1.807, 2.05) is 12.1 Å². The molecule has 0 amide bonds. The molecule has 1 atom stereocenters. The molecule has 1 aliphatic heterocycles. The summed E-state index contributed by atoms with van der Waals surface area (Å²) < 4.78 is 5.59. The van der Waals surface area contributed by atoms with E-state index in [1.165, 1.54) is 12.8 Å². The number of nitrogens with zero attached hydrogens (tertiary/aromatic N) is 2. The van der Waals surface area contributed by atoms with Crippen LogP contribution in [-0.2, 0) is 0 Å². The van der Waals surface area contributed by atoms with E-state index in [0.29, 0.717) is 13.2 Å². The Morgan fingerprint density at radius 3 is 2.43 bits per heavy atom. The number of anilines is 1. The number of nitrogens with two attached hydrogens (primary N) is 1. The SMILES string of the molecule is Nc1ccc(OCC(O)CN2CCN(C3CC3)CC2)cc1. The number of hydrogen-bond donors (Lipinski definition) is 2. The van der Waals surface area contributed by atoms with Crippen LogP contribution < -0.4 is 10.5 Å². The largest absolute Gasteiger partial charge is 0.491 e. The fraction of sp³-hybridized carbons (Fsp3) is 0.625. The molecule has 3 N–H and O–H groups in total. The van der Waals surface area contributed by atoms with Crippen LogP contribution in [-0.4, -0.2) is 66.4 Å². The van der Waals surface area contributed by atoms with Crippen molar-refractivity contribution in [2.45, 2.75) is 25.0 Å². The number of ether oxygens (including phenoxy) is 1. The topological polar surface area (TPSA) is 62.0 Å². The van der Waals surface area contributed by atoms with Crippen LogP contribution in [0.2, 0.25) is 0 Å². The zero-order chi connectivity index (χ0) is 14.7. The molecule has 21 heavy (non-hydrogen) atoms. The first-order valence-corrected chi connectivity index (χ1v) is 7.83. The van der Waals surface area contributed by atoms with Crippen LogP contribution in [0.4, 0.5) is 5.69 Å². The Hall–Kier alpha value is -1.30. The molecule has 5 nitrogen and oxygen atoms in total. The molecule has 1 heterocycles. The number of aliphatic hydroxyl groups excluding tert-OH is 1. The van der Waals surface area contributed by atoms with Crippen molar-refractivity contribution >= 4 is 5.69 Å². The Morgan fingerprint density at radius 1 is 1.14 bits per heavy atom. The van der Waals surface area contributed by atoms with Crippen molar-refractivity contribution in [3.8, 4) is 5.75 Å². The van der Waals surface area contributed by atoms with Gasteiger partial charge in [0.05, 0.1) is 0 Å². The molecule has 5 heteroatoms. The fourth-order valence-corrected chi connectivity index (χ4v) is 2.86. The number of aliphatic hydroxyl groups is 1. The smallest absolute Gasteiger partial charge is 0.119 e. The first kappa shape index (κ1) is 14.6. The summed E-state index contributed by atoms with van der Waals surface area (Å²) >= 11 is 0. The number of benzene rings is 1. The minimum atomic E-state index is -0.449. The summed E-state index contributed by atoms with van der Waals surface area (Å²) in [5, 5.41) is 10.1. The van der Waals surface area contributed by atoms with Gasteiger partial charge in [-0.2, -0.15) is 0 Å². The van der Waals surface area contributed by atoms with Crippen molar-refractivity contribution in [1.29, 1.82) is 0 Å². The van der Waals surface area contributed by atoms with E-state index in [4.69, 9.17) is 10.5 Å². The summed E-state index contributed by atoms with van der Waals surface area (Å²) in [5.41, 5.74) is 6.35. The highest BCUT2D eigenvalue weighted by molar-refractivity contribution is 5.41. The van der Waals surface area contributed by atoms with Crippen LogP contribution in [0.5, 0.6) is 5.75 Å². The van der Waals surface area contributed by atoms with Crippen molar-refractivity contribution < 1.29 is 9.84 Å². The molecule has 0 radical (unpaired) electrons. The number of hydrogen-bond acceptors (Lipinski definition) is 5. The zero-order valence-electron chi connectivity index (χ0n) is 12.4. The van der Waals surface area contributed by atoms with Gasteiger partial charge in [0, 0.05) is 44.5 Å². The number of nitrogen functional groups attached to an aromatic ring is 1.